The third kappa shape index (κ3) is 2.90. The summed E-state index contributed by atoms with van der Waals surface area (Å²) in [5, 5.41) is 8.54. The van der Waals surface area contributed by atoms with Crippen molar-refractivity contribution in [1.29, 1.82) is 0 Å². The number of rotatable bonds is 3. The van der Waals surface area contributed by atoms with E-state index in [0.29, 0.717) is 0 Å². The SMILES string of the molecule is CS(=O)(=O)c1ccc(C(F)CO)cc1Cl. The molecule has 1 unspecified atom stereocenters. The smallest absolute Gasteiger partial charge is 0.176 e. The van der Waals surface area contributed by atoms with Gasteiger partial charge in [-0.05, 0) is 17.7 Å². The monoisotopic (exact) mass is 252 g/mol. The maximum Gasteiger partial charge on any atom is 0.176 e. The van der Waals surface area contributed by atoms with Gasteiger partial charge in [0.1, 0.15) is 6.17 Å². The molecule has 1 rings (SSSR count). The second-order valence-electron chi connectivity index (χ2n) is 3.11. The van der Waals surface area contributed by atoms with Crippen LogP contribution in [-0.4, -0.2) is 26.4 Å². The molecule has 0 saturated heterocycles. The van der Waals surface area contributed by atoms with Crippen molar-refractivity contribution in [2.24, 2.45) is 0 Å². The van der Waals surface area contributed by atoms with Crippen molar-refractivity contribution in [1.82, 2.24) is 0 Å². The van der Waals surface area contributed by atoms with E-state index in [4.69, 9.17) is 16.7 Å². The Bertz CT molecular complexity index is 458. The fourth-order valence-corrected chi connectivity index (χ4v) is 2.46. The van der Waals surface area contributed by atoms with Gasteiger partial charge in [-0.2, -0.15) is 0 Å². The van der Waals surface area contributed by atoms with Gasteiger partial charge in [-0.25, -0.2) is 12.8 Å². The highest BCUT2D eigenvalue weighted by atomic mass is 35.5. The molecule has 1 N–H and O–H groups in total. The van der Waals surface area contributed by atoms with Crippen molar-refractivity contribution in [3.63, 3.8) is 0 Å². The van der Waals surface area contributed by atoms with Gasteiger partial charge < -0.3 is 5.11 Å². The van der Waals surface area contributed by atoms with Crippen LogP contribution in [0.25, 0.3) is 0 Å². The largest absolute Gasteiger partial charge is 0.393 e. The van der Waals surface area contributed by atoms with Gasteiger partial charge in [-0.1, -0.05) is 17.7 Å². The maximum absolute atomic E-state index is 13.0. The van der Waals surface area contributed by atoms with E-state index >= 15 is 0 Å². The molecule has 1 aromatic carbocycles. The number of aliphatic hydroxyl groups is 1. The highest BCUT2D eigenvalue weighted by molar-refractivity contribution is 7.90. The first-order valence-electron chi connectivity index (χ1n) is 4.10. The van der Waals surface area contributed by atoms with E-state index in [1.165, 1.54) is 18.2 Å². The fourth-order valence-electron chi connectivity index (χ4n) is 1.12. The Balaban J connectivity index is 3.21. The third-order valence-corrected chi connectivity index (χ3v) is 3.46. The van der Waals surface area contributed by atoms with Crippen LogP contribution < -0.4 is 0 Å². The van der Waals surface area contributed by atoms with Crippen LogP contribution in [0.3, 0.4) is 0 Å². The quantitative estimate of drug-likeness (QED) is 0.892. The highest BCUT2D eigenvalue weighted by Crippen LogP contribution is 2.26. The Kier molecular flexibility index (Phi) is 3.70. The summed E-state index contributed by atoms with van der Waals surface area (Å²) in [6.07, 6.45) is -0.525. The molecule has 0 aliphatic rings. The number of aliphatic hydroxyl groups excluding tert-OH is 1. The van der Waals surface area contributed by atoms with E-state index < -0.39 is 22.6 Å². The molecular weight excluding hydrogens is 243 g/mol. The van der Waals surface area contributed by atoms with Crippen molar-refractivity contribution < 1.29 is 17.9 Å². The summed E-state index contributed by atoms with van der Waals surface area (Å²) in [4.78, 5) is -0.0435. The van der Waals surface area contributed by atoms with E-state index in [1.54, 1.807) is 0 Å². The van der Waals surface area contributed by atoms with Gasteiger partial charge in [0.2, 0.25) is 0 Å². The predicted molar refractivity (Wildman–Crippen MR) is 55.5 cm³/mol. The van der Waals surface area contributed by atoms with E-state index in [-0.39, 0.29) is 15.5 Å². The summed E-state index contributed by atoms with van der Waals surface area (Å²) in [5.74, 6) is 0. The van der Waals surface area contributed by atoms with Crippen LogP contribution in [0.15, 0.2) is 23.1 Å². The highest BCUT2D eigenvalue weighted by Gasteiger charge is 2.15. The van der Waals surface area contributed by atoms with Gasteiger partial charge in [-0.3, -0.25) is 0 Å². The lowest BCUT2D eigenvalue weighted by Crippen LogP contribution is -2.01. The standard InChI is InChI=1S/C9H10ClFO3S/c1-15(13,14)9-3-2-6(4-7(9)10)8(11)5-12/h2-4,8,12H,5H2,1H3. The number of benzene rings is 1. The molecule has 0 amide bonds. The second kappa shape index (κ2) is 4.47. The normalized spacial score (nSPS) is 13.9. The van der Waals surface area contributed by atoms with Crippen LogP contribution in [-0.2, 0) is 9.84 Å². The minimum absolute atomic E-state index is 0.0360. The molecule has 0 aliphatic heterocycles. The summed E-state index contributed by atoms with van der Waals surface area (Å²) in [5.41, 5.74) is 0.162. The van der Waals surface area contributed by atoms with E-state index in [1.807, 2.05) is 0 Å². The molecule has 6 heteroatoms. The fraction of sp³-hybridized carbons (Fsp3) is 0.333. The van der Waals surface area contributed by atoms with E-state index in [9.17, 15) is 12.8 Å². The molecule has 0 bridgehead atoms. The number of halogens is 2. The first-order valence-corrected chi connectivity index (χ1v) is 6.37. The van der Waals surface area contributed by atoms with Crippen molar-refractivity contribution in [3.05, 3.63) is 28.8 Å². The number of hydrogen-bond acceptors (Lipinski definition) is 3. The lowest BCUT2D eigenvalue weighted by molar-refractivity contribution is 0.180. The first kappa shape index (κ1) is 12.4. The molecule has 0 saturated carbocycles. The Morgan fingerprint density at radius 2 is 2.13 bits per heavy atom. The summed E-state index contributed by atoms with van der Waals surface area (Å²) in [6, 6.07) is 3.73. The molecule has 84 valence electrons. The molecule has 0 fully saturated rings. The number of alkyl halides is 1. The molecule has 1 atom stereocenters. The molecule has 1 aromatic rings. The summed E-state index contributed by atoms with van der Waals surface area (Å²) in [6.45, 7) is -0.658. The first-order chi connectivity index (χ1) is 6.86. The van der Waals surface area contributed by atoms with Crippen molar-refractivity contribution >= 4 is 21.4 Å². The molecule has 3 nitrogen and oxygen atoms in total. The van der Waals surface area contributed by atoms with Gasteiger partial charge in [0, 0.05) is 6.26 Å². The predicted octanol–water partition coefficient (Wildman–Crippen LogP) is 1.75. The molecule has 0 spiro atoms. The summed E-state index contributed by atoms with van der Waals surface area (Å²) in [7, 11) is -3.40. The zero-order valence-electron chi connectivity index (χ0n) is 7.94. The lowest BCUT2D eigenvalue weighted by Gasteiger charge is -2.07. The van der Waals surface area contributed by atoms with Crippen molar-refractivity contribution in [2.45, 2.75) is 11.1 Å². The lowest BCUT2D eigenvalue weighted by atomic mass is 10.1. The Labute approximate surface area is 92.4 Å². The van der Waals surface area contributed by atoms with Crippen molar-refractivity contribution in [2.75, 3.05) is 12.9 Å². The molecular formula is C9H10ClFO3S. The molecule has 0 aliphatic carbocycles. The zero-order valence-corrected chi connectivity index (χ0v) is 9.52. The van der Waals surface area contributed by atoms with E-state index in [0.717, 1.165) is 6.26 Å². The number of sulfone groups is 1. The topological polar surface area (TPSA) is 54.4 Å². The van der Waals surface area contributed by atoms with Gasteiger partial charge >= 0.3 is 0 Å². The summed E-state index contributed by atoms with van der Waals surface area (Å²) >= 11 is 5.69. The van der Waals surface area contributed by atoms with Crippen LogP contribution in [0.4, 0.5) is 4.39 Å². The van der Waals surface area contributed by atoms with Crippen LogP contribution in [0, 0.1) is 0 Å². The average molecular weight is 253 g/mol. The zero-order chi connectivity index (χ0) is 11.6. The average Bonchev–Trinajstić information content (AvgIpc) is 2.14. The van der Waals surface area contributed by atoms with Gasteiger partial charge in [0.25, 0.3) is 0 Å². The van der Waals surface area contributed by atoms with Crippen LogP contribution in [0.5, 0.6) is 0 Å². The van der Waals surface area contributed by atoms with Gasteiger partial charge in [0.05, 0.1) is 16.5 Å². The van der Waals surface area contributed by atoms with Gasteiger partial charge in [-0.15, -0.1) is 0 Å². The van der Waals surface area contributed by atoms with Crippen LogP contribution in [0.2, 0.25) is 5.02 Å². The number of hydrogen-bond donors (Lipinski definition) is 1. The molecule has 0 heterocycles. The Hall–Kier alpha value is -0.650. The van der Waals surface area contributed by atoms with Crippen LogP contribution in [0.1, 0.15) is 11.7 Å². The maximum atomic E-state index is 13.0. The minimum Gasteiger partial charge on any atom is -0.393 e. The van der Waals surface area contributed by atoms with Crippen LogP contribution >= 0.6 is 11.6 Å². The van der Waals surface area contributed by atoms with Crippen molar-refractivity contribution in [3.8, 4) is 0 Å². The Morgan fingerprint density at radius 1 is 1.53 bits per heavy atom. The molecule has 15 heavy (non-hydrogen) atoms. The molecule has 0 radical (unpaired) electrons. The molecule has 0 aromatic heterocycles. The summed E-state index contributed by atoms with van der Waals surface area (Å²) < 4.78 is 35.4. The van der Waals surface area contributed by atoms with Gasteiger partial charge in [0.15, 0.2) is 9.84 Å². The second-order valence-corrected chi connectivity index (χ2v) is 5.50. The minimum atomic E-state index is -3.40. The third-order valence-electron chi connectivity index (χ3n) is 1.88. The Morgan fingerprint density at radius 3 is 2.53 bits per heavy atom. The van der Waals surface area contributed by atoms with E-state index in [2.05, 4.69) is 0 Å².